The molecule has 0 aliphatic carbocycles. The number of aromatic amines is 1. The minimum atomic E-state index is -0.510. The maximum Gasteiger partial charge on any atom is 0.328 e. The highest BCUT2D eigenvalue weighted by Crippen LogP contribution is 2.23. The van der Waals surface area contributed by atoms with Crippen LogP contribution in [0.4, 0.5) is 5.69 Å². The lowest BCUT2D eigenvalue weighted by Crippen LogP contribution is -2.53. The van der Waals surface area contributed by atoms with Gasteiger partial charge in [0.1, 0.15) is 0 Å². The monoisotopic (exact) mass is 436 g/mol. The number of amides is 1. The molecule has 1 aliphatic rings. The quantitative estimate of drug-likeness (QED) is 0.661. The number of rotatable bonds is 5. The Labute approximate surface area is 186 Å². The second-order valence-electron chi connectivity index (χ2n) is 8.27. The van der Waals surface area contributed by atoms with Gasteiger partial charge in [-0.15, -0.1) is 0 Å². The highest BCUT2D eigenvalue weighted by atomic mass is 16.5. The van der Waals surface area contributed by atoms with E-state index < -0.39 is 5.69 Å². The van der Waals surface area contributed by atoms with Gasteiger partial charge in [-0.3, -0.25) is 14.2 Å². The zero-order chi connectivity index (χ0) is 22.8. The molecule has 1 unspecified atom stereocenters. The number of aromatic nitrogens is 2. The molecule has 32 heavy (non-hydrogen) atoms. The van der Waals surface area contributed by atoms with Gasteiger partial charge < -0.3 is 19.5 Å². The van der Waals surface area contributed by atoms with Crippen LogP contribution < -0.4 is 16.1 Å². The first-order valence-corrected chi connectivity index (χ1v) is 10.8. The summed E-state index contributed by atoms with van der Waals surface area (Å²) in [6.07, 6.45) is 0. The third kappa shape index (κ3) is 4.18. The Morgan fingerprint density at radius 1 is 1.16 bits per heavy atom. The molecule has 0 saturated carbocycles. The van der Waals surface area contributed by atoms with E-state index in [1.54, 1.807) is 18.2 Å². The highest BCUT2D eigenvalue weighted by Gasteiger charge is 2.27. The van der Waals surface area contributed by atoms with E-state index in [2.05, 4.69) is 41.9 Å². The number of benzene rings is 2. The maximum absolute atomic E-state index is 13.2. The fourth-order valence-corrected chi connectivity index (χ4v) is 4.29. The molecule has 168 valence electrons. The summed E-state index contributed by atoms with van der Waals surface area (Å²) in [5.74, 6) is -0.105. The van der Waals surface area contributed by atoms with Crippen molar-refractivity contribution in [1.82, 2.24) is 14.5 Å². The maximum atomic E-state index is 13.2. The molecule has 1 saturated heterocycles. The van der Waals surface area contributed by atoms with Crippen molar-refractivity contribution >= 4 is 22.5 Å². The van der Waals surface area contributed by atoms with E-state index >= 15 is 0 Å². The Bertz CT molecular complexity index is 1260. The molecular weight excluding hydrogens is 408 g/mol. The molecular formula is C24H28N4O4. The molecule has 2 aromatic carbocycles. The Hall–Kier alpha value is -3.39. The van der Waals surface area contributed by atoms with Crippen LogP contribution in [0.25, 0.3) is 10.9 Å². The van der Waals surface area contributed by atoms with Crippen molar-refractivity contribution in [3.05, 3.63) is 74.4 Å². The molecule has 3 aromatic rings. The molecule has 0 bridgehead atoms. The minimum Gasteiger partial charge on any atom is -0.383 e. The number of ether oxygens (including phenoxy) is 1. The summed E-state index contributed by atoms with van der Waals surface area (Å²) in [6, 6.07) is 13.4. The Balaban J connectivity index is 1.55. The van der Waals surface area contributed by atoms with Crippen LogP contribution in [0.1, 0.15) is 22.8 Å². The van der Waals surface area contributed by atoms with Crippen molar-refractivity contribution in [2.45, 2.75) is 26.4 Å². The summed E-state index contributed by atoms with van der Waals surface area (Å²) in [5, 5.41) is 0.370. The topological polar surface area (TPSA) is 87.6 Å². The molecule has 4 rings (SSSR count). The van der Waals surface area contributed by atoms with Crippen molar-refractivity contribution in [2.24, 2.45) is 0 Å². The lowest BCUT2D eigenvalue weighted by atomic mass is 10.1. The number of anilines is 1. The van der Waals surface area contributed by atoms with Crippen LogP contribution in [0.15, 0.2) is 52.1 Å². The van der Waals surface area contributed by atoms with E-state index in [0.29, 0.717) is 29.6 Å². The number of hydrogen-bond acceptors (Lipinski definition) is 5. The van der Waals surface area contributed by atoms with E-state index in [1.807, 2.05) is 11.0 Å². The fraction of sp³-hybridized carbons (Fsp3) is 0.375. The first kappa shape index (κ1) is 21.8. The van der Waals surface area contributed by atoms with Gasteiger partial charge in [-0.1, -0.05) is 12.1 Å². The molecule has 1 atom stereocenters. The lowest BCUT2D eigenvalue weighted by molar-refractivity contribution is 0.0726. The number of nitrogens with one attached hydrogen (secondary N) is 1. The summed E-state index contributed by atoms with van der Waals surface area (Å²) >= 11 is 0. The van der Waals surface area contributed by atoms with Gasteiger partial charge in [0.2, 0.25) is 0 Å². The molecule has 1 aromatic heterocycles. The van der Waals surface area contributed by atoms with Gasteiger partial charge in [-0.2, -0.15) is 0 Å². The average Bonchev–Trinajstić information content (AvgIpc) is 2.78. The number of carbonyl (C=O) groups excluding carboxylic acids is 1. The van der Waals surface area contributed by atoms with E-state index in [4.69, 9.17) is 4.74 Å². The third-order valence-corrected chi connectivity index (χ3v) is 6.00. The van der Waals surface area contributed by atoms with Crippen LogP contribution in [-0.4, -0.2) is 59.8 Å². The SMILES string of the molecule is COCCn1c(=O)[nH]c2cc(C(=O)N3CCN(c4cccc(C)c4)C(C)C3)ccc2c1=O. The van der Waals surface area contributed by atoms with E-state index in [1.165, 1.54) is 12.7 Å². The van der Waals surface area contributed by atoms with E-state index in [-0.39, 0.29) is 30.7 Å². The molecule has 1 amide bonds. The summed E-state index contributed by atoms with van der Waals surface area (Å²) in [6.45, 7) is 6.56. The zero-order valence-electron chi connectivity index (χ0n) is 18.6. The number of H-pyrrole nitrogens is 1. The number of piperazine rings is 1. The van der Waals surface area contributed by atoms with Gasteiger partial charge in [0.15, 0.2) is 0 Å². The first-order valence-electron chi connectivity index (χ1n) is 10.8. The van der Waals surface area contributed by atoms with Crippen molar-refractivity contribution in [3.8, 4) is 0 Å². The Morgan fingerprint density at radius 3 is 2.69 bits per heavy atom. The molecule has 1 fully saturated rings. The third-order valence-electron chi connectivity index (χ3n) is 6.00. The summed E-state index contributed by atoms with van der Waals surface area (Å²) in [7, 11) is 1.51. The van der Waals surface area contributed by atoms with Crippen molar-refractivity contribution in [2.75, 3.05) is 38.3 Å². The van der Waals surface area contributed by atoms with Gasteiger partial charge in [-0.25, -0.2) is 4.79 Å². The van der Waals surface area contributed by atoms with Gasteiger partial charge >= 0.3 is 5.69 Å². The summed E-state index contributed by atoms with van der Waals surface area (Å²) in [5.41, 5.74) is 2.30. The predicted octanol–water partition coefficient (Wildman–Crippen LogP) is 2.00. The number of fused-ring (bicyclic) bond motifs is 1. The van der Waals surface area contributed by atoms with Crippen LogP contribution in [-0.2, 0) is 11.3 Å². The van der Waals surface area contributed by atoms with Crippen LogP contribution in [0.3, 0.4) is 0 Å². The smallest absolute Gasteiger partial charge is 0.328 e. The molecule has 0 radical (unpaired) electrons. The largest absolute Gasteiger partial charge is 0.383 e. The van der Waals surface area contributed by atoms with Gasteiger partial charge in [0.05, 0.1) is 24.1 Å². The summed E-state index contributed by atoms with van der Waals surface area (Å²) in [4.78, 5) is 45.0. The molecule has 8 nitrogen and oxygen atoms in total. The van der Waals surface area contributed by atoms with Crippen molar-refractivity contribution < 1.29 is 9.53 Å². The second-order valence-corrected chi connectivity index (χ2v) is 8.27. The number of aryl methyl sites for hydroxylation is 1. The molecule has 8 heteroatoms. The average molecular weight is 437 g/mol. The van der Waals surface area contributed by atoms with Crippen LogP contribution in [0.2, 0.25) is 0 Å². The zero-order valence-corrected chi connectivity index (χ0v) is 18.6. The van der Waals surface area contributed by atoms with Crippen molar-refractivity contribution in [1.29, 1.82) is 0 Å². The van der Waals surface area contributed by atoms with Crippen LogP contribution >= 0.6 is 0 Å². The van der Waals surface area contributed by atoms with Crippen LogP contribution in [0, 0.1) is 6.92 Å². The fourth-order valence-electron chi connectivity index (χ4n) is 4.29. The van der Waals surface area contributed by atoms with Gasteiger partial charge in [-0.05, 0) is 49.7 Å². The van der Waals surface area contributed by atoms with Crippen LogP contribution in [0.5, 0.6) is 0 Å². The number of methoxy groups -OCH3 is 1. The predicted molar refractivity (Wildman–Crippen MR) is 125 cm³/mol. The standard InChI is InChI=1S/C24H28N4O4/c1-16-5-4-6-19(13-16)27-10-9-26(15-17(27)2)22(29)18-7-8-20-21(14-18)25-24(31)28(23(20)30)11-12-32-3/h4-8,13-14,17H,9-12,15H2,1-3H3,(H,25,31). The van der Waals surface area contributed by atoms with Gasteiger partial charge in [0.25, 0.3) is 11.5 Å². The first-order chi connectivity index (χ1) is 15.4. The molecule has 1 aliphatic heterocycles. The number of carbonyl (C=O) groups is 1. The molecule has 1 N–H and O–H groups in total. The van der Waals surface area contributed by atoms with E-state index in [0.717, 1.165) is 16.8 Å². The van der Waals surface area contributed by atoms with E-state index in [9.17, 15) is 14.4 Å². The number of nitrogens with zero attached hydrogens (tertiary/aromatic N) is 3. The second kappa shape index (κ2) is 9.00. The Kier molecular flexibility index (Phi) is 6.14. The Morgan fingerprint density at radius 2 is 1.97 bits per heavy atom. The van der Waals surface area contributed by atoms with Gasteiger partial charge in [0, 0.05) is 44.0 Å². The summed E-state index contributed by atoms with van der Waals surface area (Å²) < 4.78 is 6.08. The molecule has 0 spiro atoms. The number of hydrogen-bond donors (Lipinski definition) is 1. The molecule has 2 heterocycles. The highest BCUT2D eigenvalue weighted by molar-refractivity contribution is 5.97. The lowest BCUT2D eigenvalue weighted by Gasteiger charge is -2.41. The normalized spacial score (nSPS) is 16.5. The minimum absolute atomic E-state index is 0.105. The van der Waals surface area contributed by atoms with Crippen molar-refractivity contribution in [3.63, 3.8) is 0 Å².